The average Bonchev–Trinajstić information content (AvgIpc) is 3.07. The van der Waals surface area contributed by atoms with Gasteiger partial charge in [0.2, 0.25) is 0 Å². The van der Waals surface area contributed by atoms with Crippen LogP contribution in [0.25, 0.3) is 0 Å². The predicted molar refractivity (Wildman–Crippen MR) is 104 cm³/mol. The minimum absolute atomic E-state index is 0.0141. The lowest BCUT2D eigenvalue weighted by Gasteiger charge is -2.33. The van der Waals surface area contributed by atoms with Crippen LogP contribution in [0, 0.1) is 10.1 Å². The van der Waals surface area contributed by atoms with Gasteiger partial charge in [0.1, 0.15) is 5.41 Å². The Kier molecular flexibility index (Phi) is 5.53. The van der Waals surface area contributed by atoms with Crippen molar-refractivity contribution in [3.05, 3.63) is 67.7 Å². The number of alkyl halides is 3. The molecule has 1 atom stereocenters. The Morgan fingerprint density at radius 1 is 1.17 bits per heavy atom. The normalized spacial score (nSPS) is 19.4. The van der Waals surface area contributed by atoms with E-state index in [1.54, 1.807) is 0 Å². The van der Waals surface area contributed by atoms with Crippen molar-refractivity contribution in [2.45, 2.75) is 24.9 Å². The Morgan fingerprint density at radius 2 is 1.79 bits per heavy atom. The highest BCUT2D eigenvalue weighted by Crippen LogP contribution is 2.49. The predicted octanol–water partition coefficient (Wildman–Crippen LogP) is 5.81. The summed E-state index contributed by atoms with van der Waals surface area (Å²) in [6, 6.07) is 7.65. The highest BCUT2D eigenvalue weighted by molar-refractivity contribution is 6.34. The first-order chi connectivity index (χ1) is 13.4. The molecule has 2 aromatic rings. The topological polar surface area (TPSA) is 63.5 Å². The SMILES string of the molecule is CC(=O)c1ccc(N2CCC(c3cc(Cl)cc(Cl)c3)(C(F)(F)F)C2)cc1[N+](=O)[O-]. The molecular weight excluding hydrogens is 432 g/mol. The molecule has 154 valence electrons. The number of hydrogen-bond acceptors (Lipinski definition) is 4. The Labute approximate surface area is 174 Å². The first-order valence-corrected chi connectivity index (χ1v) is 9.28. The zero-order valence-corrected chi connectivity index (χ0v) is 16.6. The molecule has 1 saturated heterocycles. The van der Waals surface area contributed by atoms with E-state index in [4.69, 9.17) is 23.2 Å². The molecule has 0 N–H and O–H groups in total. The monoisotopic (exact) mass is 446 g/mol. The van der Waals surface area contributed by atoms with Gasteiger partial charge in [0.25, 0.3) is 5.69 Å². The minimum Gasteiger partial charge on any atom is -0.370 e. The molecule has 0 aromatic heterocycles. The third kappa shape index (κ3) is 3.91. The van der Waals surface area contributed by atoms with Gasteiger partial charge < -0.3 is 4.90 Å². The van der Waals surface area contributed by atoms with Crippen LogP contribution in [-0.2, 0) is 5.41 Å². The van der Waals surface area contributed by atoms with Crippen LogP contribution in [0.15, 0.2) is 36.4 Å². The summed E-state index contributed by atoms with van der Waals surface area (Å²) in [5.74, 6) is -0.497. The first kappa shape index (κ1) is 21.4. The fraction of sp³-hybridized carbons (Fsp3) is 0.316. The largest absolute Gasteiger partial charge is 0.400 e. The zero-order valence-electron chi connectivity index (χ0n) is 15.1. The van der Waals surface area contributed by atoms with E-state index in [1.807, 2.05) is 0 Å². The van der Waals surface area contributed by atoms with Gasteiger partial charge in [-0.15, -0.1) is 0 Å². The number of hydrogen-bond donors (Lipinski definition) is 0. The Hall–Kier alpha value is -2.32. The van der Waals surface area contributed by atoms with Crippen molar-refractivity contribution < 1.29 is 22.9 Å². The van der Waals surface area contributed by atoms with Crippen LogP contribution in [0.2, 0.25) is 10.0 Å². The standard InChI is InChI=1S/C19H15Cl2F3N2O3/c1-11(27)16-3-2-15(9-17(16)26(28)29)25-5-4-18(10-25,19(22,23)24)12-6-13(20)8-14(21)7-12/h2-3,6-9H,4-5,10H2,1H3. The van der Waals surface area contributed by atoms with Gasteiger partial charge in [-0.2, -0.15) is 13.2 Å². The molecule has 29 heavy (non-hydrogen) atoms. The van der Waals surface area contributed by atoms with Crippen molar-refractivity contribution in [1.29, 1.82) is 0 Å². The van der Waals surface area contributed by atoms with Gasteiger partial charge in [0.05, 0.1) is 10.5 Å². The molecule has 0 bridgehead atoms. The van der Waals surface area contributed by atoms with Crippen LogP contribution in [0.1, 0.15) is 29.3 Å². The summed E-state index contributed by atoms with van der Waals surface area (Å²) < 4.78 is 42.5. The summed E-state index contributed by atoms with van der Waals surface area (Å²) in [5.41, 5.74) is -2.58. The molecule has 1 aliphatic rings. The highest BCUT2D eigenvalue weighted by atomic mass is 35.5. The summed E-state index contributed by atoms with van der Waals surface area (Å²) in [5, 5.41) is 11.5. The smallest absolute Gasteiger partial charge is 0.370 e. The fourth-order valence-corrected chi connectivity index (χ4v) is 4.18. The van der Waals surface area contributed by atoms with Crippen LogP contribution in [0.4, 0.5) is 24.5 Å². The number of carbonyl (C=O) groups excluding carboxylic acids is 1. The van der Waals surface area contributed by atoms with Gasteiger partial charge in [-0.3, -0.25) is 14.9 Å². The van der Waals surface area contributed by atoms with Crippen molar-refractivity contribution in [2.24, 2.45) is 0 Å². The van der Waals surface area contributed by atoms with Gasteiger partial charge in [0, 0.05) is 34.9 Å². The van der Waals surface area contributed by atoms with E-state index < -0.39 is 34.5 Å². The number of halogens is 5. The number of benzene rings is 2. The molecule has 1 fully saturated rings. The van der Waals surface area contributed by atoms with Gasteiger partial charge in [-0.25, -0.2) is 0 Å². The summed E-state index contributed by atoms with van der Waals surface area (Å²) in [6.45, 7) is 0.749. The van der Waals surface area contributed by atoms with Crippen molar-refractivity contribution in [3.8, 4) is 0 Å². The minimum atomic E-state index is -4.60. The maximum Gasteiger partial charge on any atom is 0.400 e. The van der Waals surface area contributed by atoms with Crippen LogP contribution < -0.4 is 4.90 Å². The lowest BCUT2D eigenvalue weighted by molar-refractivity contribution is -0.385. The Morgan fingerprint density at radius 3 is 2.31 bits per heavy atom. The van der Waals surface area contributed by atoms with Crippen LogP contribution in [-0.4, -0.2) is 30.0 Å². The number of nitro benzene ring substituents is 1. The molecule has 0 spiro atoms. The van der Waals surface area contributed by atoms with Gasteiger partial charge >= 0.3 is 6.18 Å². The second kappa shape index (κ2) is 7.50. The van der Waals surface area contributed by atoms with E-state index in [0.29, 0.717) is 0 Å². The molecule has 1 unspecified atom stereocenters. The number of ketones is 1. The number of nitrogens with zero attached hydrogens (tertiary/aromatic N) is 2. The van der Waals surface area contributed by atoms with Gasteiger partial charge in [-0.1, -0.05) is 23.2 Å². The van der Waals surface area contributed by atoms with Crippen molar-refractivity contribution in [3.63, 3.8) is 0 Å². The molecule has 10 heteroatoms. The number of anilines is 1. The number of carbonyl (C=O) groups is 1. The quantitative estimate of drug-likeness (QED) is 0.337. The van der Waals surface area contributed by atoms with Crippen molar-refractivity contribution in [1.82, 2.24) is 0 Å². The molecule has 0 saturated carbocycles. The number of Topliss-reactive ketones (excluding diaryl/α,β-unsaturated/α-hetero) is 1. The van der Waals surface area contributed by atoms with Crippen LogP contribution in [0.3, 0.4) is 0 Å². The lowest BCUT2D eigenvalue weighted by atomic mass is 9.79. The van der Waals surface area contributed by atoms with E-state index in [9.17, 15) is 28.1 Å². The molecular formula is C19H15Cl2F3N2O3. The molecule has 1 aliphatic heterocycles. The van der Waals surface area contributed by atoms with E-state index in [-0.39, 0.29) is 39.8 Å². The third-order valence-electron chi connectivity index (χ3n) is 5.15. The van der Waals surface area contributed by atoms with Gasteiger partial charge in [0.15, 0.2) is 5.78 Å². The molecule has 2 aromatic carbocycles. The van der Waals surface area contributed by atoms with E-state index in [1.165, 1.54) is 42.2 Å². The molecule has 5 nitrogen and oxygen atoms in total. The molecule has 0 aliphatic carbocycles. The zero-order chi connectivity index (χ0) is 21.6. The second-order valence-corrected chi connectivity index (χ2v) is 7.80. The van der Waals surface area contributed by atoms with Gasteiger partial charge in [-0.05, 0) is 49.2 Å². The lowest BCUT2D eigenvalue weighted by Crippen LogP contribution is -2.44. The average molecular weight is 447 g/mol. The first-order valence-electron chi connectivity index (χ1n) is 8.52. The van der Waals surface area contributed by atoms with Crippen molar-refractivity contribution in [2.75, 3.05) is 18.0 Å². The van der Waals surface area contributed by atoms with Crippen LogP contribution >= 0.6 is 23.2 Å². The van der Waals surface area contributed by atoms with E-state index >= 15 is 0 Å². The maximum atomic E-state index is 14.2. The van der Waals surface area contributed by atoms with Crippen LogP contribution in [0.5, 0.6) is 0 Å². The van der Waals surface area contributed by atoms with E-state index in [0.717, 1.165) is 6.07 Å². The molecule has 0 radical (unpaired) electrons. The van der Waals surface area contributed by atoms with Crippen molar-refractivity contribution >= 4 is 40.4 Å². The summed E-state index contributed by atoms with van der Waals surface area (Å²) in [7, 11) is 0. The molecule has 1 heterocycles. The number of rotatable bonds is 4. The third-order valence-corrected chi connectivity index (χ3v) is 5.59. The Bertz CT molecular complexity index is 977. The Balaban J connectivity index is 2.05. The highest BCUT2D eigenvalue weighted by Gasteiger charge is 2.59. The summed E-state index contributed by atoms with van der Waals surface area (Å²) in [6.07, 6.45) is -4.86. The summed E-state index contributed by atoms with van der Waals surface area (Å²) >= 11 is 11.8. The van der Waals surface area contributed by atoms with E-state index in [2.05, 4.69) is 0 Å². The fourth-order valence-electron chi connectivity index (χ4n) is 3.66. The number of nitro groups is 1. The summed E-state index contributed by atoms with van der Waals surface area (Å²) in [4.78, 5) is 23.6. The molecule has 0 amide bonds. The second-order valence-electron chi connectivity index (χ2n) is 6.92. The maximum absolute atomic E-state index is 14.2. The molecule has 3 rings (SSSR count).